The number of anilines is 1. The number of likely N-dealkylation sites (N-methyl/N-ethyl adjacent to an activating group) is 1. The van der Waals surface area contributed by atoms with E-state index in [1.165, 1.54) is 0 Å². The average molecular weight is 376 g/mol. The summed E-state index contributed by atoms with van der Waals surface area (Å²) in [4.78, 5) is 29.0. The van der Waals surface area contributed by atoms with Crippen LogP contribution in [0.4, 0.5) is 5.69 Å². The maximum Gasteiger partial charge on any atom is 0.254 e. The highest BCUT2D eigenvalue weighted by atomic mass is 32.1. The van der Waals surface area contributed by atoms with E-state index in [2.05, 4.69) is 5.32 Å². The number of nitrogens with one attached hydrogen (secondary N) is 1. The lowest BCUT2D eigenvalue weighted by molar-refractivity contribution is -0.119. The molecule has 1 aliphatic heterocycles. The first-order chi connectivity index (χ1) is 13.1. The van der Waals surface area contributed by atoms with Gasteiger partial charge in [0.05, 0.1) is 12.0 Å². The summed E-state index contributed by atoms with van der Waals surface area (Å²) in [7, 11) is 1.77. The Bertz CT molecular complexity index is 997. The second-order valence-corrected chi connectivity index (χ2v) is 7.72. The third kappa shape index (κ3) is 3.04. The summed E-state index contributed by atoms with van der Waals surface area (Å²) in [6.07, 6.45) is 0. The van der Waals surface area contributed by atoms with Crippen LogP contribution in [-0.4, -0.2) is 23.8 Å². The number of aryl methyl sites for hydroxylation is 1. The first-order valence-corrected chi connectivity index (χ1v) is 9.72. The van der Waals surface area contributed by atoms with E-state index in [-0.39, 0.29) is 17.9 Å². The topological polar surface area (TPSA) is 49.4 Å². The van der Waals surface area contributed by atoms with Gasteiger partial charge in [0.2, 0.25) is 5.91 Å². The van der Waals surface area contributed by atoms with E-state index >= 15 is 0 Å². The molecule has 0 saturated carbocycles. The van der Waals surface area contributed by atoms with Gasteiger partial charge in [-0.1, -0.05) is 42.5 Å². The molecule has 1 aliphatic rings. The first-order valence-electron chi connectivity index (χ1n) is 8.84. The van der Waals surface area contributed by atoms with Gasteiger partial charge in [-0.25, -0.2) is 0 Å². The largest absolute Gasteiger partial charge is 0.333 e. The Kier molecular flexibility index (Phi) is 4.54. The molecule has 0 radical (unpaired) electrons. The van der Waals surface area contributed by atoms with Crippen LogP contribution in [0.1, 0.15) is 38.3 Å². The van der Waals surface area contributed by atoms with E-state index in [1.807, 2.05) is 66.9 Å². The molecule has 5 heteroatoms. The second-order valence-electron chi connectivity index (χ2n) is 6.75. The van der Waals surface area contributed by atoms with Crippen molar-refractivity contribution in [1.29, 1.82) is 0 Å². The monoisotopic (exact) mass is 376 g/mol. The highest BCUT2D eigenvalue weighted by Gasteiger charge is 2.43. The smallest absolute Gasteiger partial charge is 0.254 e. The van der Waals surface area contributed by atoms with Gasteiger partial charge in [0.1, 0.15) is 0 Å². The molecule has 0 spiro atoms. The molecule has 136 valence electrons. The fourth-order valence-corrected chi connectivity index (χ4v) is 4.60. The molecule has 27 heavy (non-hydrogen) atoms. The summed E-state index contributed by atoms with van der Waals surface area (Å²) in [6, 6.07) is 18.8. The minimum absolute atomic E-state index is 0.0519. The quantitative estimate of drug-likeness (QED) is 0.726. The van der Waals surface area contributed by atoms with Crippen molar-refractivity contribution < 1.29 is 9.59 Å². The van der Waals surface area contributed by atoms with Crippen LogP contribution in [0.5, 0.6) is 0 Å². The molecule has 2 atom stereocenters. The van der Waals surface area contributed by atoms with E-state index in [0.29, 0.717) is 5.56 Å². The van der Waals surface area contributed by atoms with Gasteiger partial charge in [-0.05, 0) is 41.6 Å². The Morgan fingerprint density at radius 2 is 1.78 bits per heavy atom. The Hall–Kier alpha value is -2.92. The van der Waals surface area contributed by atoms with Gasteiger partial charge in [0, 0.05) is 23.2 Å². The van der Waals surface area contributed by atoms with E-state index in [9.17, 15) is 9.59 Å². The lowest BCUT2D eigenvalue weighted by Crippen LogP contribution is -2.43. The van der Waals surface area contributed by atoms with E-state index in [1.54, 1.807) is 29.4 Å². The van der Waals surface area contributed by atoms with Crippen molar-refractivity contribution in [2.24, 2.45) is 0 Å². The van der Waals surface area contributed by atoms with Crippen molar-refractivity contribution in [3.8, 4) is 0 Å². The van der Waals surface area contributed by atoms with Gasteiger partial charge < -0.3 is 10.2 Å². The van der Waals surface area contributed by atoms with Crippen molar-refractivity contribution in [3.05, 3.63) is 87.6 Å². The number of nitrogens with zero attached hydrogens (tertiary/aromatic N) is 1. The number of hydrogen-bond acceptors (Lipinski definition) is 3. The number of carbonyl (C=O) groups is 2. The first kappa shape index (κ1) is 17.5. The molecule has 4 nitrogen and oxygen atoms in total. The van der Waals surface area contributed by atoms with Crippen molar-refractivity contribution in [2.75, 3.05) is 12.4 Å². The van der Waals surface area contributed by atoms with Crippen molar-refractivity contribution in [3.63, 3.8) is 0 Å². The second kappa shape index (κ2) is 7.00. The number of thiophene rings is 1. The summed E-state index contributed by atoms with van der Waals surface area (Å²) in [5.74, 6) is -0.624. The van der Waals surface area contributed by atoms with Gasteiger partial charge in [-0.15, -0.1) is 11.3 Å². The molecule has 2 amide bonds. The number of benzene rings is 2. The molecule has 4 rings (SSSR count). The summed E-state index contributed by atoms with van der Waals surface area (Å²) < 4.78 is 0. The molecule has 2 aromatic carbocycles. The van der Waals surface area contributed by atoms with Crippen molar-refractivity contribution in [1.82, 2.24) is 4.90 Å². The zero-order valence-corrected chi connectivity index (χ0v) is 16.0. The molecule has 0 saturated heterocycles. The molecule has 1 N–H and O–H groups in total. The van der Waals surface area contributed by atoms with Crippen LogP contribution in [0.3, 0.4) is 0 Å². The Morgan fingerprint density at radius 1 is 1.04 bits per heavy atom. The summed E-state index contributed by atoms with van der Waals surface area (Å²) in [5, 5.41) is 5.05. The van der Waals surface area contributed by atoms with Crippen LogP contribution in [-0.2, 0) is 4.79 Å². The number of amides is 2. The highest BCUT2D eigenvalue weighted by Crippen LogP contribution is 2.43. The average Bonchev–Trinajstić information content (AvgIpc) is 3.20. The minimum atomic E-state index is -0.470. The van der Waals surface area contributed by atoms with Gasteiger partial charge in [0.15, 0.2) is 0 Å². The SMILES string of the molecule is Cc1ccccc1NC(=O)C1c2ccccc2C(=O)N(C)C1c1cccs1. The Balaban J connectivity index is 1.81. The highest BCUT2D eigenvalue weighted by molar-refractivity contribution is 7.10. The third-order valence-corrected chi connectivity index (χ3v) is 6.04. The molecule has 0 bridgehead atoms. The van der Waals surface area contributed by atoms with Gasteiger partial charge in [-0.2, -0.15) is 0 Å². The number of fused-ring (bicyclic) bond motifs is 1. The van der Waals surface area contributed by atoms with Crippen LogP contribution < -0.4 is 5.32 Å². The Labute approximate surface area is 162 Å². The number of carbonyl (C=O) groups excluding carboxylic acids is 2. The maximum absolute atomic E-state index is 13.4. The zero-order chi connectivity index (χ0) is 19.0. The van der Waals surface area contributed by atoms with Crippen LogP contribution in [0.2, 0.25) is 0 Å². The predicted molar refractivity (Wildman–Crippen MR) is 108 cm³/mol. The maximum atomic E-state index is 13.4. The molecule has 2 heterocycles. The van der Waals surface area contributed by atoms with Crippen LogP contribution >= 0.6 is 11.3 Å². The molecule has 2 unspecified atom stereocenters. The molecule has 0 fully saturated rings. The fourth-order valence-electron chi connectivity index (χ4n) is 3.70. The minimum Gasteiger partial charge on any atom is -0.333 e. The van der Waals surface area contributed by atoms with E-state index < -0.39 is 5.92 Å². The molecule has 3 aromatic rings. The number of para-hydroxylation sites is 1. The number of rotatable bonds is 3. The summed E-state index contributed by atoms with van der Waals surface area (Å²) in [6.45, 7) is 1.97. The summed E-state index contributed by atoms with van der Waals surface area (Å²) >= 11 is 1.57. The van der Waals surface area contributed by atoms with Crippen LogP contribution in [0.25, 0.3) is 0 Å². The van der Waals surface area contributed by atoms with E-state index in [4.69, 9.17) is 0 Å². The Morgan fingerprint density at radius 3 is 2.52 bits per heavy atom. The molecular weight excluding hydrogens is 356 g/mol. The standard InChI is InChI=1S/C22H20N2O2S/c1-14-8-3-6-11-17(14)23-21(25)19-15-9-4-5-10-16(15)22(26)24(2)20(19)18-12-7-13-27-18/h3-13,19-20H,1-2H3,(H,23,25). The fraction of sp³-hybridized carbons (Fsp3) is 0.182. The van der Waals surface area contributed by atoms with Gasteiger partial charge >= 0.3 is 0 Å². The normalized spacial score (nSPS) is 18.9. The third-order valence-electron chi connectivity index (χ3n) is 5.10. The van der Waals surface area contributed by atoms with Gasteiger partial charge in [0.25, 0.3) is 5.91 Å². The number of hydrogen-bond donors (Lipinski definition) is 1. The molecule has 1 aromatic heterocycles. The van der Waals surface area contributed by atoms with Gasteiger partial charge in [-0.3, -0.25) is 9.59 Å². The predicted octanol–water partition coefficient (Wildman–Crippen LogP) is 4.61. The van der Waals surface area contributed by atoms with Crippen molar-refractivity contribution in [2.45, 2.75) is 18.9 Å². The molecule has 0 aliphatic carbocycles. The zero-order valence-electron chi connectivity index (χ0n) is 15.2. The van der Waals surface area contributed by atoms with E-state index in [0.717, 1.165) is 21.7 Å². The summed E-state index contributed by atoms with van der Waals surface area (Å²) in [5.41, 5.74) is 3.18. The lowest BCUT2D eigenvalue weighted by atomic mass is 9.81. The van der Waals surface area contributed by atoms with Crippen molar-refractivity contribution >= 4 is 28.8 Å². The molecular formula is C22H20N2O2S. The lowest BCUT2D eigenvalue weighted by Gasteiger charge is -2.39. The van der Waals surface area contributed by atoms with Crippen LogP contribution in [0, 0.1) is 6.92 Å². The van der Waals surface area contributed by atoms with Crippen LogP contribution in [0.15, 0.2) is 66.0 Å².